The van der Waals surface area contributed by atoms with Crippen LogP contribution in [0.1, 0.15) is 34.1 Å². The monoisotopic (exact) mass is 251 g/mol. The smallest absolute Gasteiger partial charge is 0.311 e. The number of carbonyl (C=O) groups excluding carboxylic acids is 1. The molecule has 0 heterocycles. The van der Waals surface area contributed by atoms with Gasteiger partial charge in [0.1, 0.15) is 6.61 Å². The van der Waals surface area contributed by atoms with Crippen molar-refractivity contribution in [2.24, 2.45) is 5.41 Å². The molecule has 5 nitrogen and oxygen atoms in total. The van der Waals surface area contributed by atoms with Crippen molar-refractivity contribution in [1.29, 1.82) is 0 Å². The molecule has 0 fully saturated rings. The molecule has 0 aromatic heterocycles. The van der Waals surface area contributed by atoms with Gasteiger partial charge in [-0.15, -0.1) is 0 Å². The number of ether oxygens (including phenoxy) is 1. The lowest BCUT2D eigenvalue weighted by atomic mass is 9.91. The summed E-state index contributed by atoms with van der Waals surface area (Å²) in [5, 5.41) is 0. The minimum atomic E-state index is -3.20. The number of hydrogen-bond donors (Lipinski definition) is 1. The van der Waals surface area contributed by atoms with E-state index in [1.165, 1.54) is 0 Å². The summed E-state index contributed by atoms with van der Waals surface area (Å²) in [6.45, 7) is 7.25. The Morgan fingerprint density at radius 2 is 1.88 bits per heavy atom. The van der Waals surface area contributed by atoms with Crippen molar-refractivity contribution >= 4 is 16.0 Å². The number of rotatable bonds is 7. The highest BCUT2D eigenvalue weighted by Gasteiger charge is 2.26. The summed E-state index contributed by atoms with van der Waals surface area (Å²) in [6, 6.07) is 0. The lowest BCUT2D eigenvalue weighted by Gasteiger charge is -2.20. The van der Waals surface area contributed by atoms with Crippen molar-refractivity contribution in [2.75, 3.05) is 18.9 Å². The molecule has 6 heteroatoms. The molecule has 0 saturated heterocycles. The molecular weight excluding hydrogens is 230 g/mol. The SMILES string of the molecule is CCC(C)(C)C(=O)OCCNS(=O)(=O)CC. The predicted octanol–water partition coefficient (Wildman–Crippen LogP) is 0.905. The van der Waals surface area contributed by atoms with E-state index in [2.05, 4.69) is 4.72 Å². The van der Waals surface area contributed by atoms with Gasteiger partial charge in [0.15, 0.2) is 0 Å². The van der Waals surface area contributed by atoms with Gasteiger partial charge < -0.3 is 4.74 Å². The van der Waals surface area contributed by atoms with Gasteiger partial charge in [0.2, 0.25) is 10.0 Å². The Morgan fingerprint density at radius 1 is 1.31 bits per heavy atom. The Balaban J connectivity index is 3.89. The van der Waals surface area contributed by atoms with E-state index in [4.69, 9.17) is 4.74 Å². The number of hydrogen-bond acceptors (Lipinski definition) is 4. The highest BCUT2D eigenvalue weighted by Crippen LogP contribution is 2.21. The largest absolute Gasteiger partial charge is 0.464 e. The second kappa shape index (κ2) is 6.20. The summed E-state index contributed by atoms with van der Waals surface area (Å²) < 4.78 is 29.4. The molecule has 0 aromatic carbocycles. The average Bonchev–Trinajstić information content (AvgIpc) is 2.24. The van der Waals surface area contributed by atoms with Crippen LogP contribution in [0, 0.1) is 5.41 Å². The van der Waals surface area contributed by atoms with Crippen LogP contribution in [-0.2, 0) is 19.6 Å². The minimum absolute atomic E-state index is 0.0292. The highest BCUT2D eigenvalue weighted by molar-refractivity contribution is 7.89. The molecule has 0 rings (SSSR count). The van der Waals surface area contributed by atoms with Gasteiger partial charge in [-0.25, -0.2) is 13.1 Å². The molecule has 0 radical (unpaired) electrons. The summed E-state index contributed by atoms with van der Waals surface area (Å²) in [5.41, 5.74) is -0.510. The van der Waals surface area contributed by atoms with Crippen LogP contribution in [0.5, 0.6) is 0 Å². The molecular formula is C10H21NO4S. The minimum Gasteiger partial charge on any atom is -0.464 e. The van der Waals surface area contributed by atoms with Gasteiger partial charge in [0.25, 0.3) is 0 Å². The highest BCUT2D eigenvalue weighted by atomic mass is 32.2. The molecule has 0 atom stereocenters. The Labute approximate surface area is 97.6 Å². The summed E-state index contributed by atoms with van der Waals surface area (Å²) in [5.74, 6) is -0.271. The van der Waals surface area contributed by atoms with Gasteiger partial charge >= 0.3 is 5.97 Å². The van der Waals surface area contributed by atoms with E-state index in [0.29, 0.717) is 6.42 Å². The number of carbonyl (C=O) groups is 1. The van der Waals surface area contributed by atoms with E-state index in [9.17, 15) is 13.2 Å². The molecule has 1 N–H and O–H groups in total. The van der Waals surface area contributed by atoms with E-state index in [0.717, 1.165) is 0 Å². The van der Waals surface area contributed by atoms with Gasteiger partial charge in [-0.05, 0) is 27.2 Å². The number of esters is 1. The number of nitrogens with one attached hydrogen (secondary N) is 1. The van der Waals surface area contributed by atoms with Gasteiger partial charge in [0, 0.05) is 6.54 Å². The zero-order chi connectivity index (χ0) is 12.8. The van der Waals surface area contributed by atoms with Crippen LogP contribution in [-0.4, -0.2) is 33.3 Å². The molecule has 0 unspecified atom stereocenters. The van der Waals surface area contributed by atoms with E-state index in [1.807, 2.05) is 6.92 Å². The topological polar surface area (TPSA) is 72.5 Å². The van der Waals surface area contributed by atoms with Crippen molar-refractivity contribution in [1.82, 2.24) is 4.72 Å². The average molecular weight is 251 g/mol. The second-order valence-corrected chi connectivity index (χ2v) is 6.27. The van der Waals surface area contributed by atoms with E-state index < -0.39 is 15.4 Å². The van der Waals surface area contributed by atoms with Crippen LogP contribution in [0.25, 0.3) is 0 Å². The lowest BCUT2D eigenvalue weighted by molar-refractivity contribution is -0.153. The van der Waals surface area contributed by atoms with Crippen LogP contribution in [0.15, 0.2) is 0 Å². The quantitative estimate of drug-likeness (QED) is 0.539. The summed E-state index contributed by atoms with van der Waals surface area (Å²) >= 11 is 0. The first-order valence-electron chi connectivity index (χ1n) is 5.39. The van der Waals surface area contributed by atoms with Crippen LogP contribution < -0.4 is 4.72 Å². The van der Waals surface area contributed by atoms with Crippen LogP contribution in [0.4, 0.5) is 0 Å². The van der Waals surface area contributed by atoms with Gasteiger partial charge in [-0.1, -0.05) is 6.92 Å². The second-order valence-electron chi connectivity index (χ2n) is 4.17. The van der Waals surface area contributed by atoms with Gasteiger partial charge in [-0.2, -0.15) is 0 Å². The first-order valence-corrected chi connectivity index (χ1v) is 7.05. The lowest BCUT2D eigenvalue weighted by Crippen LogP contribution is -2.32. The standard InChI is InChI=1S/C10H21NO4S/c1-5-10(3,4)9(12)15-8-7-11-16(13,14)6-2/h11H,5-8H2,1-4H3. The van der Waals surface area contributed by atoms with Crippen molar-refractivity contribution < 1.29 is 17.9 Å². The first-order chi connectivity index (χ1) is 7.25. The summed E-state index contributed by atoms with van der Waals surface area (Å²) in [4.78, 5) is 11.5. The molecule has 0 aliphatic rings. The Hall–Kier alpha value is -0.620. The maximum atomic E-state index is 11.5. The summed E-state index contributed by atoms with van der Waals surface area (Å²) in [6.07, 6.45) is 0.687. The third kappa shape index (κ3) is 5.46. The van der Waals surface area contributed by atoms with Crippen molar-refractivity contribution in [3.63, 3.8) is 0 Å². The predicted molar refractivity (Wildman–Crippen MR) is 62.5 cm³/mol. The fourth-order valence-electron chi connectivity index (χ4n) is 0.783. The van der Waals surface area contributed by atoms with Crippen LogP contribution in [0.3, 0.4) is 0 Å². The van der Waals surface area contributed by atoms with E-state index in [1.54, 1.807) is 20.8 Å². The third-order valence-corrected chi connectivity index (χ3v) is 3.88. The van der Waals surface area contributed by atoms with Gasteiger partial charge in [0.05, 0.1) is 11.2 Å². The first kappa shape index (κ1) is 15.4. The molecule has 0 aliphatic carbocycles. The third-order valence-electron chi connectivity index (χ3n) is 2.47. The Morgan fingerprint density at radius 3 is 2.31 bits per heavy atom. The van der Waals surface area contributed by atoms with Crippen LogP contribution >= 0.6 is 0 Å². The molecule has 0 amide bonds. The molecule has 96 valence electrons. The maximum absolute atomic E-state index is 11.5. The van der Waals surface area contributed by atoms with E-state index in [-0.39, 0.29) is 24.9 Å². The zero-order valence-corrected chi connectivity index (χ0v) is 11.2. The molecule has 0 bridgehead atoms. The molecule has 0 aliphatic heterocycles. The molecule has 0 aromatic rings. The molecule has 16 heavy (non-hydrogen) atoms. The zero-order valence-electron chi connectivity index (χ0n) is 10.4. The maximum Gasteiger partial charge on any atom is 0.311 e. The fourth-order valence-corrected chi connectivity index (χ4v) is 1.38. The van der Waals surface area contributed by atoms with Crippen molar-refractivity contribution in [3.8, 4) is 0 Å². The van der Waals surface area contributed by atoms with Crippen molar-refractivity contribution in [3.05, 3.63) is 0 Å². The molecule has 0 spiro atoms. The van der Waals surface area contributed by atoms with Gasteiger partial charge in [-0.3, -0.25) is 4.79 Å². The summed E-state index contributed by atoms with van der Waals surface area (Å²) in [7, 11) is -3.20. The fraction of sp³-hybridized carbons (Fsp3) is 0.900. The van der Waals surface area contributed by atoms with E-state index >= 15 is 0 Å². The Bertz CT molecular complexity index is 322. The Kier molecular flexibility index (Phi) is 5.96. The normalized spacial score (nSPS) is 12.5. The number of sulfonamides is 1. The molecule has 0 saturated carbocycles. The van der Waals surface area contributed by atoms with Crippen LogP contribution in [0.2, 0.25) is 0 Å². The van der Waals surface area contributed by atoms with Crippen molar-refractivity contribution in [2.45, 2.75) is 34.1 Å².